The van der Waals surface area contributed by atoms with Gasteiger partial charge in [0.15, 0.2) is 9.84 Å². The van der Waals surface area contributed by atoms with Crippen LogP contribution in [0.2, 0.25) is 0 Å². The molecule has 0 radical (unpaired) electrons. The van der Waals surface area contributed by atoms with Gasteiger partial charge in [0.1, 0.15) is 0 Å². The van der Waals surface area contributed by atoms with Gasteiger partial charge in [0.25, 0.3) is 0 Å². The van der Waals surface area contributed by atoms with E-state index in [1.165, 1.54) is 30.3 Å². The molecule has 2 aromatic rings. The molecule has 4 nitrogen and oxygen atoms in total. The second-order valence-corrected chi connectivity index (χ2v) is 8.08. The van der Waals surface area contributed by atoms with Crippen LogP contribution in [-0.4, -0.2) is 19.5 Å². The molecule has 0 aromatic heterocycles. The van der Waals surface area contributed by atoms with Gasteiger partial charge in [-0.15, -0.1) is 0 Å². The van der Waals surface area contributed by atoms with Crippen LogP contribution in [0.5, 0.6) is 0 Å². The first kappa shape index (κ1) is 16.2. The molecule has 2 aromatic carbocycles. The zero-order chi connectivity index (χ0) is 15.6. The molecule has 0 aliphatic heterocycles. The second-order valence-electron chi connectivity index (χ2n) is 4.32. The molecule has 0 heterocycles. The minimum atomic E-state index is -3.48. The molecule has 110 valence electrons. The van der Waals surface area contributed by atoms with E-state index in [0.717, 1.165) is 4.47 Å². The van der Waals surface area contributed by atoms with Crippen LogP contribution in [0.15, 0.2) is 56.3 Å². The van der Waals surface area contributed by atoms with Gasteiger partial charge in [-0.2, -0.15) is 0 Å². The van der Waals surface area contributed by atoms with Gasteiger partial charge in [-0.25, -0.2) is 13.2 Å². The van der Waals surface area contributed by atoms with Crippen LogP contribution in [0.4, 0.5) is 0 Å². The van der Waals surface area contributed by atoms with Crippen molar-refractivity contribution < 1.29 is 18.3 Å². The summed E-state index contributed by atoms with van der Waals surface area (Å²) in [6.45, 7) is 0. The number of sulfone groups is 1. The zero-order valence-corrected chi connectivity index (χ0v) is 14.6. The lowest BCUT2D eigenvalue weighted by Crippen LogP contribution is -2.06. The predicted molar refractivity (Wildman–Crippen MR) is 86.1 cm³/mol. The molecule has 7 heteroatoms. The van der Waals surface area contributed by atoms with Crippen molar-refractivity contribution in [2.45, 2.75) is 10.6 Å². The third-order valence-electron chi connectivity index (χ3n) is 2.82. The van der Waals surface area contributed by atoms with E-state index >= 15 is 0 Å². The summed E-state index contributed by atoms with van der Waals surface area (Å²) < 4.78 is 25.9. The van der Waals surface area contributed by atoms with E-state index < -0.39 is 15.8 Å². The molecule has 21 heavy (non-hydrogen) atoms. The Balaban J connectivity index is 2.32. The Kier molecular flexibility index (Phi) is 4.85. The van der Waals surface area contributed by atoms with Gasteiger partial charge in [-0.05, 0) is 42.0 Å². The Morgan fingerprint density at radius 2 is 1.67 bits per heavy atom. The summed E-state index contributed by atoms with van der Waals surface area (Å²) in [6, 6.07) is 10.7. The fourth-order valence-corrected chi connectivity index (χ4v) is 4.07. The molecular formula is C14H10Br2O4S. The zero-order valence-electron chi connectivity index (χ0n) is 10.6. The van der Waals surface area contributed by atoms with Crippen molar-refractivity contribution in [3.8, 4) is 0 Å². The molecule has 0 aliphatic rings. The summed E-state index contributed by atoms with van der Waals surface area (Å²) >= 11 is 6.47. The molecule has 0 aliphatic carbocycles. The molecule has 2 rings (SSSR count). The lowest BCUT2D eigenvalue weighted by atomic mass is 10.1. The molecule has 1 N–H and O–H groups in total. The van der Waals surface area contributed by atoms with Crippen molar-refractivity contribution in [3.63, 3.8) is 0 Å². The number of hydrogen-bond donors (Lipinski definition) is 1. The maximum atomic E-state index is 12.3. The lowest BCUT2D eigenvalue weighted by molar-refractivity contribution is 0.0697. The molecule has 0 unspecified atom stereocenters. The lowest BCUT2D eigenvalue weighted by Gasteiger charge is -2.07. The van der Waals surface area contributed by atoms with Crippen LogP contribution in [0.25, 0.3) is 0 Å². The molecule has 0 bridgehead atoms. The van der Waals surface area contributed by atoms with Gasteiger partial charge in [-0.3, -0.25) is 0 Å². The summed E-state index contributed by atoms with van der Waals surface area (Å²) in [5, 5.41) is 8.89. The molecule has 0 saturated heterocycles. The van der Waals surface area contributed by atoms with Crippen molar-refractivity contribution in [1.29, 1.82) is 0 Å². The quantitative estimate of drug-likeness (QED) is 0.793. The Bertz CT molecular complexity index is 783. The molecule has 0 amide bonds. The largest absolute Gasteiger partial charge is 0.478 e. The maximum absolute atomic E-state index is 12.3. The van der Waals surface area contributed by atoms with Crippen molar-refractivity contribution in [3.05, 3.63) is 62.5 Å². The highest BCUT2D eigenvalue weighted by Crippen LogP contribution is 2.24. The monoisotopic (exact) mass is 432 g/mol. The third kappa shape index (κ3) is 3.93. The van der Waals surface area contributed by atoms with E-state index in [0.29, 0.717) is 10.0 Å². The van der Waals surface area contributed by atoms with Gasteiger partial charge in [0.05, 0.1) is 16.2 Å². The number of benzene rings is 2. The molecular weight excluding hydrogens is 424 g/mol. The van der Waals surface area contributed by atoms with E-state index in [2.05, 4.69) is 31.9 Å². The fraction of sp³-hybridized carbons (Fsp3) is 0.0714. The molecule has 0 saturated carbocycles. The summed E-state index contributed by atoms with van der Waals surface area (Å²) in [4.78, 5) is 11.1. The van der Waals surface area contributed by atoms with Crippen LogP contribution in [-0.2, 0) is 15.6 Å². The van der Waals surface area contributed by atoms with Gasteiger partial charge >= 0.3 is 5.97 Å². The average molecular weight is 434 g/mol. The van der Waals surface area contributed by atoms with E-state index in [1.807, 2.05) is 0 Å². The van der Waals surface area contributed by atoms with Gasteiger partial charge in [0, 0.05) is 8.95 Å². The summed E-state index contributed by atoms with van der Waals surface area (Å²) in [5.41, 5.74) is 0.620. The SMILES string of the molecule is O=C(O)c1ccc(CS(=O)(=O)c2ccc(Br)cc2)c(Br)c1. The molecule has 0 fully saturated rings. The van der Waals surface area contributed by atoms with E-state index in [9.17, 15) is 13.2 Å². The Morgan fingerprint density at radius 3 is 2.19 bits per heavy atom. The van der Waals surface area contributed by atoms with Gasteiger partial charge < -0.3 is 5.11 Å². The van der Waals surface area contributed by atoms with Crippen LogP contribution in [0.3, 0.4) is 0 Å². The molecule has 0 atom stereocenters. The predicted octanol–water partition coefficient (Wildman–Crippen LogP) is 3.88. The van der Waals surface area contributed by atoms with Crippen molar-refractivity contribution in [2.75, 3.05) is 0 Å². The highest BCUT2D eigenvalue weighted by molar-refractivity contribution is 9.10. The number of hydrogen-bond acceptors (Lipinski definition) is 3. The van der Waals surface area contributed by atoms with E-state index in [-0.39, 0.29) is 16.2 Å². The third-order valence-corrected chi connectivity index (χ3v) is 5.77. The van der Waals surface area contributed by atoms with Crippen LogP contribution >= 0.6 is 31.9 Å². The number of carboxylic acids is 1. The van der Waals surface area contributed by atoms with E-state index in [1.54, 1.807) is 12.1 Å². The van der Waals surface area contributed by atoms with Gasteiger partial charge in [-0.1, -0.05) is 37.9 Å². The fourth-order valence-electron chi connectivity index (χ4n) is 1.73. The average Bonchev–Trinajstić information content (AvgIpc) is 2.41. The minimum Gasteiger partial charge on any atom is -0.478 e. The highest BCUT2D eigenvalue weighted by atomic mass is 79.9. The van der Waals surface area contributed by atoms with Gasteiger partial charge in [0.2, 0.25) is 0 Å². The van der Waals surface area contributed by atoms with Crippen molar-refractivity contribution >= 4 is 47.7 Å². The number of rotatable bonds is 4. The topological polar surface area (TPSA) is 71.4 Å². The first-order chi connectivity index (χ1) is 9.79. The normalized spacial score (nSPS) is 11.3. The number of carboxylic acid groups (broad SMARTS) is 1. The second kappa shape index (κ2) is 6.29. The van der Waals surface area contributed by atoms with Crippen LogP contribution in [0.1, 0.15) is 15.9 Å². The summed E-state index contributed by atoms with van der Waals surface area (Å²) in [6.07, 6.45) is 0. The summed E-state index contributed by atoms with van der Waals surface area (Å²) in [5.74, 6) is -1.26. The van der Waals surface area contributed by atoms with E-state index in [4.69, 9.17) is 5.11 Å². The first-order valence-corrected chi connectivity index (χ1v) is 9.03. The first-order valence-electron chi connectivity index (χ1n) is 5.79. The van der Waals surface area contributed by atoms with Crippen molar-refractivity contribution in [1.82, 2.24) is 0 Å². The van der Waals surface area contributed by atoms with Crippen molar-refractivity contribution in [2.24, 2.45) is 0 Å². The Morgan fingerprint density at radius 1 is 1.05 bits per heavy atom. The maximum Gasteiger partial charge on any atom is 0.335 e. The smallest absolute Gasteiger partial charge is 0.335 e. The number of carbonyl (C=O) groups is 1. The van der Waals surface area contributed by atoms with Crippen LogP contribution in [0, 0.1) is 0 Å². The molecule has 0 spiro atoms. The Labute approximate surface area is 139 Å². The summed E-state index contributed by atoms with van der Waals surface area (Å²) in [7, 11) is -3.48. The van der Waals surface area contributed by atoms with Crippen LogP contribution < -0.4 is 0 Å². The minimum absolute atomic E-state index is 0.103. The number of aromatic carboxylic acids is 1. The number of halogens is 2. The standard InChI is InChI=1S/C14H10Br2O4S/c15-11-3-5-12(6-4-11)21(19,20)8-10-2-1-9(14(17)18)7-13(10)16/h1-7H,8H2,(H,17,18). The Hall–Kier alpha value is -1.18. The highest BCUT2D eigenvalue weighted by Gasteiger charge is 2.17.